The summed E-state index contributed by atoms with van der Waals surface area (Å²) >= 11 is 0. The molecule has 0 spiro atoms. The standard InChI is InChI=1S/C26H25N5O4S/c32-36(33,25-12-10-24(11-13-25)35-23-4-2-1-3-5-23)30-21-8-6-20(7-9-21)28-26-18-22(19-27-29-26)31-14-16-34-17-15-31/h1-13,18-19,30H,14-17H2,(H,28,29). The fourth-order valence-electron chi connectivity index (χ4n) is 3.71. The highest BCUT2D eigenvalue weighted by atomic mass is 32.2. The van der Waals surface area contributed by atoms with Crippen molar-refractivity contribution < 1.29 is 17.9 Å². The summed E-state index contributed by atoms with van der Waals surface area (Å²) in [5.74, 6) is 1.83. The molecular formula is C26H25N5O4S. The molecule has 0 saturated carbocycles. The molecule has 1 aliphatic heterocycles. The van der Waals surface area contributed by atoms with E-state index in [0.717, 1.165) is 24.5 Å². The second kappa shape index (κ2) is 10.6. The van der Waals surface area contributed by atoms with E-state index in [0.29, 0.717) is 36.2 Å². The minimum absolute atomic E-state index is 0.139. The molecule has 0 unspecified atom stereocenters. The number of para-hydroxylation sites is 1. The van der Waals surface area contributed by atoms with Crippen LogP contribution in [0.5, 0.6) is 11.5 Å². The van der Waals surface area contributed by atoms with Gasteiger partial charge < -0.3 is 19.7 Å². The lowest BCUT2D eigenvalue weighted by atomic mass is 10.3. The van der Waals surface area contributed by atoms with Crippen LogP contribution in [0.25, 0.3) is 0 Å². The van der Waals surface area contributed by atoms with E-state index in [9.17, 15) is 8.42 Å². The monoisotopic (exact) mass is 503 g/mol. The summed E-state index contributed by atoms with van der Waals surface area (Å²) in [6.45, 7) is 2.99. The van der Waals surface area contributed by atoms with Gasteiger partial charge >= 0.3 is 0 Å². The van der Waals surface area contributed by atoms with Crippen molar-refractivity contribution in [2.75, 3.05) is 41.2 Å². The Labute approximate surface area is 209 Å². The molecule has 3 aromatic carbocycles. The molecule has 184 valence electrons. The number of sulfonamides is 1. The lowest BCUT2D eigenvalue weighted by Gasteiger charge is -2.28. The number of anilines is 4. The summed E-state index contributed by atoms with van der Waals surface area (Å²) < 4.78 is 39.4. The van der Waals surface area contributed by atoms with Crippen LogP contribution in [-0.2, 0) is 14.8 Å². The van der Waals surface area contributed by atoms with Crippen molar-refractivity contribution in [2.24, 2.45) is 0 Å². The van der Waals surface area contributed by atoms with Crippen LogP contribution in [-0.4, -0.2) is 44.9 Å². The van der Waals surface area contributed by atoms with Crippen LogP contribution < -0.4 is 19.7 Å². The van der Waals surface area contributed by atoms with Gasteiger partial charge in [0.15, 0.2) is 5.82 Å². The zero-order chi connectivity index (χ0) is 24.8. The van der Waals surface area contributed by atoms with E-state index in [1.54, 1.807) is 42.6 Å². The van der Waals surface area contributed by atoms with E-state index >= 15 is 0 Å². The van der Waals surface area contributed by atoms with Crippen LogP contribution in [0.15, 0.2) is 96.0 Å². The molecule has 0 bridgehead atoms. The number of hydrogen-bond acceptors (Lipinski definition) is 8. The Morgan fingerprint density at radius 3 is 2.22 bits per heavy atom. The molecule has 1 saturated heterocycles. The van der Waals surface area contributed by atoms with Gasteiger partial charge in [0.1, 0.15) is 11.5 Å². The number of nitrogens with one attached hydrogen (secondary N) is 2. The summed E-state index contributed by atoms with van der Waals surface area (Å²) in [5, 5.41) is 11.4. The third-order valence-corrected chi connectivity index (χ3v) is 6.94. The number of morpholine rings is 1. The van der Waals surface area contributed by atoms with Gasteiger partial charge in [0.2, 0.25) is 0 Å². The van der Waals surface area contributed by atoms with E-state index < -0.39 is 10.0 Å². The number of aromatic nitrogens is 2. The van der Waals surface area contributed by atoms with Gasteiger partial charge in [-0.2, -0.15) is 5.10 Å². The fraction of sp³-hybridized carbons (Fsp3) is 0.154. The fourth-order valence-corrected chi connectivity index (χ4v) is 4.77. The summed E-state index contributed by atoms with van der Waals surface area (Å²) in [5.41, 5.74) is 2.17. The van der Waals surface area contributed by atoms with Crippen molar-refractivity contribution in [1.82, 2.24) is 10.2 Å². The van der Waals surface area contributed by atoms with Gasteiger partial charge in [-0.3, -0.25) is 4.72 Å². The van der Waals surface area contributed by atoms with Gasteiger partial charge in [-0.15, -0.1) is 5.10 Å². The highest BCUT2D eigenvalue weighted by Gasteiger charge is 2.15. The Balaban J connectivity index is 1.21. The van der Waals surface area contributed by atoms with Crippen LogP contribution in [0.1, 0.15) is 0 Å². The van der Waals surface area contributed by atoms with E-state index in [-0.39, 0.29) is 4.90 Å². The molecule has 4 aromatic rings. The number of nitrogens with zero attached hydrogens (tertiary/aromatic N) is 3. The van der Waals surface area contributed by atoms with Crippen molar-refractivity contribution in [3.05, 3.63) is 91.1 Å². The Kier molecular flexibility index (Phi) is 6.96. The van der Waals surface area contributed by atoms with Crippen molar-refractivity contribution in [3.63, 3.8) is 0 Å². The van der Waals surface area contributed by atoms with E-state index in [4.69, 9.17) is 9.47 Å². The zero-order valence-corrected chi connectivity index (χ0v) is 20.2. The first-order valence-electron chi connectivity index (χ1n) is 11.4. The van der Waals surface area contributed by atoms with Gasteiger partial charge in [-0.25, -0.2) is 8.42 Å². The maximum Gasteiger partial charge on any atom is 0.261 e. The van der Waals surface area contributed by atoms with E-state index in [2.05, 4.69) is 25.1 Å². The molecule has 36 heavy (non-hydrogen) atoms. The second-order valence-electron chi connectivity index (χ2n) is 8.09. The van der Waals surface area contributed by atoms with Gasteiger partial charge in [0, 0.05) is 30.5 Å². The third-order valence-electron chi connectivity index (χ3n) is 5.54. The maximum atomic E-state index is 12.8. The van der Waals surface area contributed by atoms with Crippen LogP contribution >= 0.6 is 0 Å². The maximum absolute atomic E-state index is 12.8. The molecule has 10 heteroatoms. The lowest BCUT2D eigenvalue weighted by molar-refractivity contribution is 0.122. The van der Waals surface area contributed by atoms with Crippen LogP contribution in [0, 0.1) is 0 Å². The van der Waals surface area contributed by atoms with Crippen molar-refractivity contribution in [2.45, 2.75) is 4.90 Å². The molecule has 5 rings (SSSR count). The van der Waals surface area contributed by atoms with E-state index in [1.165, 1.54) is 12.1 Å². The number of benzene rings is 3. The molecule has 0 atom stereocenters. The second-order valence-corrected chi connectivity index (χ2v) is 9.78. The number of rotatable bonds is 8. The molecular weight excluding hydrogens is 478 g/mol. The van der Waals surface area contributed by atoms with Gasteiger partial charge in [-0.1, -0.05) is 18.2 Å². The average Bonchev–Trinajstić information content (AvgIpc) is 2.91. The SMILES string of the molecule is O=S(=O)(Nc1ccc(Nc2cc(N3CCOCC3)cnn2)cc1)c1ccc(Oc2ccccc2)cc1. The van der Waals surface area contributed by atoms with Crippen LogP contribution in [0.3, 0.4) is 0 Å². The minimum atomic E-state index is -3.76. The lowest BCUT2D eigenvalue weighted by Crippen LogP contribution is -2.36. The predicted molar refractivity (Wildman–Crippen MR) is 139 cm³/mol. The summed E-state index contributed by atoms with van der Waals surface area (Å²) in [6.07, 6.45) is 1.73. The Morgan fingerprint density at radius 2 is 1.50 bits per heavy atom. The van der Waals surface area contributed by atoms with E-state index in [1.807, 2.05) is 36.4 Å². The first kappa shape index (κ1) is 23.6. The van der Waals surface area contributed by atoms with Crippen LogP contribution in [0.2, 0.25) is 0 Å². The largest absolute Gasteiger partial charge is 0.457 e. The van der Waals surface area contributed by atoms with Crippen molar-refractivity contribution >= 4 is 32.9 Å². The topological polar surface area (TPSA) is 106 Å². The molecule has 2 heterocycles. The number of ether oxygens (including phenoxy) is 2. The summed E-state index contributed by atoms with van der Waals surface area (Å²) in [7, 11) is -3.76. The van der Waals surface area contributed by atoms with Gasteiger partial charge in [0.05, 0.1) is 30.0 Å². The van der Waals surface area contributed by atoms with Crippen LogP contribution in [0.4, 0.5) is 22.9 Å². The molecule has 0 radical (unpaired) electrons. The normalized spacial score (nSPS) is 13.7. The summed E-state index contributed by atoms with van der Waals surface area (Å²) in [4.78, 5) is 2.34. The highest BCUT2D eigenvalue weighted by molar-refractivity contribution is 7.92. The molecule has 2 N–H and O–H groups in total. The van der Waals surface area contributed by atoms with Gasteiger partial charge in [0.25, 0.3) is 10.0 Å². The quantitative estimate of drug-likeness (QED) is 0.358. The van der Waals surface area contributed by atoms with Gasteiger partial charge in [-0.05, 0) is 60.7 Å². The Bertz CT molecular complexity index is 1390. The van der Waals surface area contributed by atoms with Crippen molar-refractivity contribution in [3.8, 4) is 11.5 Å². The average molecular weight is 504 g/mol. The molecule has 1 aliphatic rings. The molecule has 1 aromatic heterocycles. The first-order chi connectivity index (χ1) is 17.5. The predicted octanol–water partition coefficient (Wildman–Crippen LogP) is 4.65. The number of hydrogen-bond donors (Lipinski definition) is 2. The zero-order valence-electron chi connectivity index (χ0n) is 19.4. The summed E-state index contributed by atoms with van der Waals surface area (Å²) in [6, 6.07) is 24.4. The molecule has 1 fully saturated rings. The molecule has 0 aliphatic carbocycles. The third kappa shape index (κ3) is 5.91. The highest BCUT2D eigenvalue weighted by Crippen LogP contribution is 2.25. The van der Waals surface area contributed by atoms with Crippen molar-refractivity contribution in [1.29, 1.82) is 0 Å². The first-order valence-corrected chi connectivity index (χ1v) is 12.9. The molecule has 9 nitrogen and oxygen atoms in total. The Morgan fingerprint density at radius 1 is 0.833 bits per heavy atom. The Hall–Kier alpha value is -4.15. The molecule has 0 amide bonds. The smallest absolute Gasteiger partial charge is 0.261 e. The minimum Gasteiger partial charge on any atom is -0.457 e.